The van der Waals surface area contributed by atoms with Gasteiger partial charge in [0.15, 0.2) is 0 Å². The van der Waals surface area contributed by atoms with E-state index in [0.717, 1.165) is 0 Å². The Morgan fingerprint density at radius 2 is 1.70 bits per heavy atom. The van der Waals surface area contributed by atoms with Crippen molar-refractivity contribution in [3.05, 3.63) is 57.6 Å². The van der Waals surface area contributed by atoms with Crippen molar-refractivity contribution in [2.45, 2.75) is 0 Å². The first kappa shape index (κ1) is 14.0. The molecule has 0 spiro atoms. The minimum Gasteiger partial charge on any atom is -0.497 e. The fourth-order valence-corrected chi connectivity index (χ4v) is 1.65. The maximum atomic E-state index is 10.8. The van der Waals surface area contributed by atoms with Gasteiger partial charge in [-0.3, -0.25) is 10.1 Å². The van der Waals surface area contributed by atoms with E-state index in [1.807, 2.05) is 0 Å². The van der Waals surface area contributed by atoms with Gasteiger partial charge in [-0.05, 0) is 36.4 Å². The zero-order chi connectivity index (χ0) is 14.5. The molecule has 0 radical (unpaired) electrons. The van der Waals surface area contributed by atoms with Crippen molar-refractivity contribution in [3.63, 3.8) is 0 Å². The Balaban J connectivity index is 2.22. The molecule has 6 nitrogen and oxygen atoms in total. The van der Waals surface area contributed by atoms with Crippen molar-refractivity contribution in [2.24, 2.45) is 10.2 Å². The highest BCUT2D eigenvalue weighted by Gasteiger charge is 2.12. The van der Waals surface area contributed by atoms with Gasteiger partial charge in [0.25, 0.3) is 5.69 Å². The lowest BCUT2D eigenvalue weighted by molar-refractivity contribution is -0.384. The van der Waals surface area contributed by atoms with Gasteiger partial charge >= 0.3 is 0 Å². The van der Waals surface area contributed by atoms with Crippen molar-refractivity contribution in [1.82, 2.24) is 0 Å². The van der Waals surface area contributed by atoms with Gasteiger partial charge in [-0.1, -0.05) is 11.6 Å². The first-order chi connectivity index (χ1) is 9.60. The third-order valence-corrected chi connectivity index (χ3v) is 2.80. The van der Waals surface area contributed by atoms with E-state index in [1.165, 1.54) is 12.1 Å². The summed E-state index contributed by atoms with van der Waals surface area (Å²) in [6.45, 7) is 0. The Bertz CT molecular complexity index is 656. The SMILES string of the molecule is COc1ccc(N=Nc2ccc(Cl)c([N+](=O)[O-])c2)cc1. The third-order valence-electron chi connectivity index (χ3n) is 2.48. The van der Waals surface area contributed by atoms with Crippen LogP contribution in [0.2, 0.25) is 5.02 Å². The second-order valence-corrected chi connectivity index (χ2v) is 4.20. The molecule has 0 saturated carbocycles. The number of rotatable bonds is 4. The molecule has 0 bridgehead atoms. The van der Waals surface area contributed by atoms with Crippen LogP contribution in [0.15, 0.2) is 52.7 Å². The van der Waals surface area contributed by atoms with E-state index >= 15 is 0 Å². The molecule has 0 amide bonds. The number of hydrogen-bond acceptors (Lipinski definition) is 5. The number of methoxy groups -OCH3 is 1. The van der Waals surface area contributed by atoms with Crippen molar-refractivity contribution in [1.29, 1.82) is 0 Å². The summed E-state index contributed by atoms with van der Waals surface area (Å²) >= 11 is 5.71. The minimum atomic E-state index is -0.561. The lowest BCUT2D eigenvalue weighted by Gasteiger charge is -1.99. The first-order valence-electron chi connectivity index (χ1n) is 5.60. The molecule has 0 aliphatic heterocycles. The van der Waals surface area contributed by atoms with Crippen LogP contribution in [0.5, 0.6) is 5.75 Å². The van der Waals surface area contributed by atoms with E-state index in [4.69, 9.17) is 16.3 Å². The number of hydrogen-bond donors (Lipinski definition) is 0. The van der Waals surface area contributed by atoms with Gasteiger partial charge in [0.2, 0.25) is 0 Å². The molecule has 0 unspecified atom stereocenters. The average molecular weight is 292 g/mol. The second kappa shape index (κ2) is 6.12. The van der Waals surface area contributed by atoms with Crippen LogP contribution < -0.4 is 4.74 Å². The van der Waals surface area contributed by atoms with Gasteiger partial charge in [0.1, 0.15) is 10.8 Å². The predicted octanol–water partition coefficient (Wildman–Crippen LogP) is 4.67. The summed E-state index contributed by atoms with van der Waals surface area (Å²) in [5, 5.41) is 18.7. The Hall–Kier alpha value is -2.47. The largest absolute Gasteiger partial charge is 0.497 e. The van der Waals surface area contributed by atoms with Gasteiger partial charge in [-0.25, -0.2) is 0 Å². The molecule has 2 rings (SSSR count). The molecule has 0 aliphatic carbocycles. The highest BCUT2D eigenvalue weighted by molar-refractivity contribution is 6.32. The maximum Gasteiger partial charge on any atom is 0.290 e. The van der Waals surface area contributed by atoms with E-state index in [1.54, 1.807) is 37.4 Å². The van der Waals surface area contributed by atoms with Crippen LogP contribution in [0.1, 0.15) is 0 Å². The summed E-state index contributed by atoms with van der Waals surface area (Å²) in [7, 11) is 1.57. The number of halogens is 1. The molecule has 0 atom stereocenters. The van der Waals surface area contributed by atoms with Gasteiger partial charge in [0, 0.05) is 6.07 Å². The standard InChI is InChI=1S/C13H10ClN3O3/c1-20-11-5-2-9(3-6-11)15-16-10-4-7-12(14)13(8-10)17(18)19/h2-8H,1H3. The molecule has 0 saturated heterocycles. The van der Waals surface area contributed by atoms with Crippen LogP contribution >= 0.6 is 11.6 Å². The zero-order valence-electron chi connectivity index (χ0n) is 10.5. The lowest BCUT2D eigenvalue weighted by Crippen LogP contribution is -1.87. The number of nitrogens with zero attached hydrogens (tertiary/aromatic N) is 3. The molecule has 0 heterocycles. The molecule has 0 fully saturated rings. The normalized spacial score (nSPS) is 10.7. The van der Waals surface area contributed by atoms with E-state index in [0.29, 0.717) is 17.1 Å². The Labute approximate surface area is 119 Å². The number of azo groups is 1. The molecule has 102 valence electrons. The van der Waals surface area contributed by atoms with Gasteiger partial charge in [-0.2, -0.15) is 10.2 Å². The summed E-state index contributed by atoms with van der Waals surface area (Å²) in [4.78, 5) is 10.2. The zero-order valence-corrected chi connectivity index (χ0v) is 11.2. The number of nitro groups is 1. The van der Waals surface area contributed by atoms with Gasteiger partial charge < -0.3 is 4.74 Å². The van der Waals surface area contributed by atoms with E-state index in [2.05, 4.69) is 10.2 Å². The van der Waals surface area contributed by atoms with Crippen LogP contribution in [-0.2, 0) is 0 Å². The van der Waals surface area contributed by atoms with Crippen LogP contribution in [0.4, 0.5) is 17.1 Å². The summed E-state index contributed by atoms with van der Waals surface area (Å²) in [6.07, 6.45) is 0. The van der Waals surface area contributed by atoms with Crippen molar-refractivity contribution in [2.75, 3.05) is 7.11 Å². The van der Waals surface area contributed by atoms with Gasteiger partial charge in [0.05, 0.1) is 23.4 Å². The Morgan fingerprint density at radius 1 is 1.10 bits per heavy atom. The molecular formula is C13H10ClN3O3. The predicted molar refractivity (Wildman–Crippen MR) is 75.3 cm³/mol. The van der Waals surface area contributed by atoms with Gasteiger partial charge in [-0.15, -0.1) is 0 Å². The molecule has 0 N–H and O–H groups in total. The van der Waals surface area contributed by atoms with Crippen LogP contribution in [0.3, 0.4) is 0 Å². The number of ether oxygens (including phenoxy) is 1. The summed E-state index contributed by atoms with van der Waals surface area (Å²) in [5.41, 5.74) is 0.776. The molecular weight excluding hydrogens is 282 g/mol. The fourth-order valence-electron chi connectivity index (χ4n) is 1.47. The van der Waals surface area contributed by atoms with E-state index in [-0.39, 0.29) is 10.7 Å². The molecule has 7 heteroatoms. The molecule has 2 aromatic carbocycles. The van der Waals surface area contributed by atoms with Crippen molar-refractivity contribution in [3.8, 4) is 5.75 Å². The van der Waals surface area contributed by atoms with Crippen molar-refractivity contribution >= 4 is 28.7 Å². The van der Waals surface area contributed by atoms with E-state index < -0.39 is 4.92 Å². The minimum absolute atomic E-state index is 0.0680. The lowest BCUT2D eigenvalue weighted by atomic mass is 10.3. The smallest absolute Gasteiger partial charge is 0.290 e. The molecule has 0 aromatic heterocycles. The number of nitro benzene ring substituents is 1. The number of benzene rings is 2. The topological polar surface area (TPSA) is 77.1 Å². The average Bonchev–Trinajstić information content (AvgIpc) is 2.46. The third kappa shape index (κ3) is 3.30. The summed E-state index contributed by atoms with van der Waals surface area (Å²) in [6, 6.07) is 11.2. The highest BCUT2D eigenvalue weighted by atomic mass is 35.5. The quantitative estimate of drug-likeness (QED) is 0.466. The van der Waals surface area contributed by atoms with Crippen LogP contribution in [0, 0.1) is 10.1 Å². The summed E-state index contributed by atoms with van der Waals surface area (Å²) in [5.74, 6) is 0.714. The van der Waals surface area contributed by atoms with Crippen molar-refractivity contribution < 1.29 is 9.66 Å². The van der Waals surface area contributed by atoms with E-state index in [9.17, 15) is 10.1 Å². The second-order valence-electron chi connectivity index (χ2n) is 3.79. The highest BCUT2D eigenvalue weighted by Crippen LogP contribution is 2.29. The molecule has 20 heavy (non-hydrogen) atoms. The first-order valence-corrected chi connectivity index (χ1v) is 5.97. The fraction of sp³-hybridized carbons (Fsp3) is 0.0769. The van der Waals surface area contributed by atoms with Crippen LogP contribution in [-0.4, -0.2) is 12.0 Å². The molecule has 2 aromatic rings. The molecule has 0 aliphatic rings. The Morgan fingerprint density at radius 3 is 2.30 bits per heavy atom. The monoisotopic (exact) mass is 291 g/mol. The van der Waals surface area contributed by atoms with Crippen LogP contribution in [0.25, 0.3) is 0 Å². The summed E-state index contributed by atoms with van der Waals surface area (Å²) < 4.78 is 5.03. The maximum absolute atomic E-state index is 10.8. The Kier molecular flexibility index (Phi) is 4.27.